The van der Waals surface area contributed by atoms with Gasteiger partial charge in [-0.05, 0) is 76.9 Å². The minimum absolute atomic E-state index is 0. The minimum Gasteiger partial charge on any atom is -0.396 e. The molecule has 25 heavy (non-hydrogen) atoms. The van der Waals surface area contributed by atoms with Gasteiger partial charge in [0.2, 0.25) is 0 Å². The number of aliphatic imine (C=N–C) groups is 1. The second kappa shape index (κ2) is 15.0. The Labute approximate surface area is 172 Å². The van der Waals surface area contributed by atoms with E-state index in [0.29, 0.717) is 11.8 Å². The van der Waals surface area contributed by atoms with Gasteiger partial charge in [-0.1, -0.05) is 13.8 Å². The Balaban J connectivity index is 0.00000576. The van der Waals surface area contributed by atoms with Crippen LogP contribution in [0.1, 0.15) is 52.9 Å². The van der Waals surface area contributed by atoms with Crippen molar-refractivity contribution in [3.8, 4) is 0 Å². The lowest BCUT2D eigenvalue weighted by Gasteiger charge is -2.29. The van der Waals surface area contributed by atoms with Crippen molar-refractivity contribution in [2.75, 3.05) is 46.4 Å². The highest BCUT2D eigenvalue weighted by atomic mass is 127. The lowest BCUT2D eigenvalue weighted by molar-refractivity contribution is 0.213. The molecule has 150 valence electrons. The lowest BCUT2D eigenvalue weighted by Crippen LogP contribution is -2.39. The quantitative estimate of drug-likeness (QED) is 0.262. The number of halogens is 1. The van der Waals surface area contributed by atoms with E-state index in [-0.39, 0.29) is 30.6 Å². The van der Waals surface area contributed by atoms with Crippen LogP contribution < -0.4 is 10.6 Å². The van der Waals surface area contributed by atoms with Crippen molar-refractivity contribution < 1.29 is 5.11 Å². The second-order valence-corrected chi connectivity index (χ2v) is 7.69. The van der Waals surface area contributed by atoms with Gasteiger partial charge in [0, 0.05) is 26.2 Å². The number of hydrogen-bond donors (Lipinski definition) is 3. The van der Waals surface area contributed by atoms with E-state index in [0.717, 1.165) is 44.4 Å². The van der Waals surface area contributed by atoms with Gasteiger partial charge in [-0.15, -0.1) is 24.0 Å². The molecule has 1 aliphatic rings. The molecule has 3 N–H and O–H groups in total. The largest absolute Gasteiger partial charge is 0.396 e. The Hall–Kier alpha value is -0.0800. The molecule has 0 spiro atoms. The summed E-state index contributed by atoms with van der Waals surface area (Å²) in [5, 5.41) is 16.1. The molecular weight excluding hydrogens is 427 g/mol. The van der Waals surface area contributed by atoms with Crippen LogP contribution in [0.2, 0.25) is 0 Å². The lowest BCUT2D eigenvalue weighted by atomic mass is 9.94. The summed E-state index contributed by atoms with van der Waals surface area (Å²) in [6, 6.07) is 0. The van der Waals surface area contributed by atoms with E-state index in [1.54, 1.807) is 0 Å². The molecule has 0 aliphatic carbocycles. The fraction of sp³-hybridized carbons (Fsp3) is 0.947. The van der Waals surface area contributed by atoms with E-state index in [2.05, 4.69) is 43.4 Å². The number of aliphatic hydroxyl groups is 1. The number of aliphatic hydroxyl groups excluding tert-OH is 1. The Morgan fingerprint density at radius 3 is 2.48 bits per heavy atom. The van der Waals surface area contributed by atoms with Gasteiger partial charge in [-0.2, -0.15) is 0 Å². The Bertz CT molecular complexity index is 344. The van der Waals surface area contributed by atoms with E-state index in [9.17, 15) is 5.11 Å². The highest BCUT2D eigenvalue weighted by molar-refractivity contribution is 14.0. The van der Waals surface area contributed by atoms with Crippen molar-refractivity contribution in [2.24, 2.45) is 22.7 Å². The predicted octanol–water partition coefficient (Wildman–Crippen LogP) is 2.94. The van der Waals surface area contributed by atoms with Gasteiger partial charge in [-0.25, -0.2) is 0 Å². The molecule has 1 fully saturated rings. The van der Waals surface area contributed by atoms with Gasteiger partial charge in [0.15, 0.2) is 5.96 Å². The van der Waals surface area contributed by atoms with Gasteiger partial charge in [-0.3, -0.25) is 4.99 Å². The van der Waals surface area contributed by atoms with Crippen LogP contribution in [0.5, 0.6) is 0 Å². The molecular formula is C19H41IN4O. The van der Waals surface area contributed by atoms with E-state index in [1.807, 2.05) is 0 Å². The fourth-order valence-electron chi connectivity index (χ4n) is 3.44. The summed E-state index contributed by atoms with van der Waals surface area (Å²) < 4.78 is 0. The van der Waals surface area contributed by atoms with Gasteiger partial charge in [0.25, 0.3) is 0 Å². The van der Waals surface area contributed by atoms with Crippen LogP contribution in [0, 0.1) is 17.8 Å². The van der Waals surface area contributed by atoms with Gasteiger partial charge >= 0.3 is 0 Å². The summed E-state index contributed by atoms with van der Waals surface area (Å²) in [7, 11) is 2.21. The van der Waals surface area contributed by atoms with Crippen molar-refractivity contribution in [1.82, 2.24) is 15.5 Å². The maximum atomic E-state index is 9.24. The molecule has 0 saturated carbocycles. The number of likely N-dealkylation sites (tertiary alicyclic amines) is 1. The van der Waals surface area contributed by atoms with Crippen molar-refractivity contribution in [3.63, 3.8) is 0 Å². The highest BCUT2D eigenvalue weighted by Crippen LogP contribution is 2.18. The zero-order valence-electron chi connectivity index (χ0n) is 16.8. The predicted molar refractivity (Wildman–Crippen MR) is 119 cm³/mol. The zero-order valence-corrected chi connectivity index (χ0v) is 19.1. The number of guanidine groups is 1. The molecule has 0 aromatic rings. The van der Waals surface area contributed by atoms with Crippen LogP contribution in [-0.2, 0) is 0 Å². The molecule has 0 aromatic heterocycles. The summed E-state index contributed by atoms with van der Waals surface area (Å²) >= 11 is 0. The van der Waals surface area contributed by atoms with Crippen molar-refractivity contribution >= 4 is 29.9 Å². The third-order valence-electron chi connectivity index (χ3n) is 4.88. The maximum absolute atomic E-state index is 9.24. The Kier molecular flexibility index (Phi) is 15.0. The molecule has 1 unspecified atom stereocenters. The summed E-state index contributed by atoms with van der Waals surface area (Å²) in [6.45, 7) is 12.0. The number of piperidine rings is 1. The van der Waals surface area contributed by atoms with E-state index in [1.165, 1.54) is 32.4 Å². The summed E-state index contributed by atoms with van der Waals surface area (Å²) in [5.41, 5.74) is 0. The molecule has 1 saturated heterocycles. The SMILES string of the molecule is CCNC(=NCC(CCO)CC(C)C)NCCC1CCN(C)CC1.I. The number of rotatable bonds is 10. The molecule has 1 rings (SSSR count). The zero-order chi connectivity index (χ0) is 17.8. The van der Waals surface area contributed by atoms with Crippen LogP contribution in [-0.4, -0.2) is 62.3 Å². The third kappa shape index (κ3) is 12.0. The fourth-order valence-corrected chi connectivity index (χ4v) is 3.44. The number of hydrogen-bond acceptors (Lipinski definition) is 3. The Morgan fingerprint density at radius 1 is 1.24 bits per heavy atom. The first kappa shape index (κ1) is 24.9. The van der Waals surface area contributed by atoms with E-state index >= 15 is 0 Å². The Morgan fingerprint density at radius 2 is 1.92 bits per heavy atom. The molecule has 1 heterocycles. The molecule has 1 atom stereocenters. The van der Waals surface area contributed by atoms with Crippen LogP contribution in [0.15, 0.2) is 4.99 Å². The summed E-state index contributed by atoms with van der Waals surface area (Å²) in [6.07, 6.45) is 5.83. The van der Waals surface area contributed by atoms with Crippen LogP contribution in [0.3, 0.4) is 0 Å². The summed E-state index contributed by atoms with van der Waals surface area (Å²) in [4.78, 5) is 7.18. The third-order valence-corrected chi connectivity index (χ3v) is 4.88. The topological polar surface area (TPSA) is 59.9 Å². The van der Waals surface area contributed by atoms with Crippen LogP contribution in [0.4, 0.5) is 0 Å². The van der Waals surface area contributed by atoms with Gasteiger partial charge in [0.1, 0.15) is 0 Å². The van der Waals surface area contributed by atoms with Crippen LogP contribution >= 0.6 is 24.0 Å². The minimum atomic E-state index is 0. The van der Waals surface area contributed by atoms with Gasteiger partial charge in [0.05, 0.1) is 0 Å². The second-order valence-electron chi connectivity index (χ2n) is 7.69. The molecule has 0 radical (unpaired) electrons. The molecule has 0 aromatic carbocycles. The normalized spacial score (nSPS) is 18.1. The van der Waals surface area contributed by atoms with Crippen molar-refractivity contribution in [2.45, 2.75) is 52.9 Å². The number of nitrogens with zero attached hydrogens (tertiary/aromatic N) is 2. The smallest absolute Gasteiger partial charge is 0.191 e. The van der Waals surface area contributed by atoms with Crippen molar-refractivity contribution in [3.05, 3.63) is 0 Å². The maximum Gasteiger partial charge on any atom is 0.191 e. The first-order valence-corrected chi connectivity index (χ1v) is 9.86. The molecule has 1 aliphatic heterocycles. The molecule has 0 amide bonds. The highest BCUT2D eigenvalue weighted by Gasteiger charge is 2.16. The average Bonchev–Trinajstić information content (AvgIpc) is 2.54. The van der Waals surface area contributed by atoms with E-state index < -0.39 is 0 Å². The standard InChI is InChI=1S/C19H40N4O.HI/c1-5-20-19(22-15-18(9-13-24)14-16(2)3)21-10-6-17-7-11-23(4)12-8-17;/h16-18,24H,5-15H2,1-4H3,(H2,20,21,22);1H. The molecule has 5 nitrogen and oxygen atoms in total. The summed E-state index contributed by atoms with van der Waals surface area (Å²) in [5.74, 6) is 2.90. The first-order valence-electron chi connectivity index (χ1n) is 9.86. The van der Waals surface area contributed by atoms with Crippen molar-refractivity contribution in [1.29, 1.82) is 0 Å². The number of nitrogens with one attached hydrogen (secondary N) is 2. The average molecular weight is 468 g/mol. The molecule has 6 heteroatoms. The van der Waals surface area contributed by atoms with E-state index in [4.69, 9.17) is 4.99 Å². The van der Waals surface area contributed by atoms with Crippen LogP contribution in [0.25, 0.3) is 0 Å². The first-order chi connectivity index (χ1) is 11.5. The molecule has 0 bridgehead atoms. The van der Waals surface area contributed by atoms with Gasteiger partial charge < -0.3 is 20.6 Å². The monoisotopic (exact) mass is 468 g/mol.